The van der Waals surface area contributed by atoms with Crippen molar-refractivity contribution in [2.24, 2.45) is 0 Å². The Bertz CT molecular complexity index is 592. The van der Waals surface area contributed by atoms with Gasteiger partial charge in [0, 0.05) is 31.3 Å². The van der Waals surface area contributed by atoms with Crippen molar-refractivity contribution in [2.75, 3.05) is 12.4 Å². The monoisotopic (exact) mass is 277 g/mol. The third kappa shape index (κ3) is 3.50. The Labute approximate surface area is 117 Å². The average Bonchev–Trinajstić information content (AvgIpc) is 2.36. The van der Waals surface area contributed by atoms with E-state index >= 15 is 0 Å². The van der Waals surface area contributed by atoms with Crippen LogP contribution in [0.25, 0.3) is 0 Å². The van der Waals surface area contributed by atoms with E-state index in [9.17, 15) is 8.78 Å². The molecule has 0 fully saturated rings. The zero-order valence-corrected chi connectivity index (χ0v) is 11.7. The number of benzene rings is 1. The van der Waals surface area contributed by atoms with Gasteiger partial charge < -0.3 is 5.32 Å². The summed E-state index contributed by atoms with van der Waals surface area (Å²) < 4.78 is 26.4. The molecule has 20 heavy (non-hydrogen) atoms. The summed E-state index contributed by atoms with van der Waals surface area (Å²) in [4.78, 5) is 8.76. The minimum Gasteiger partial charge on any atom is -0.373 e. The summed E-state index contributed by atoms with van der Waals surface area (Å²) in [5, 5.41) is 2.97. The van der Waals surface area contributed by atoms with Crippen LogP contribution in [0.15, 0.2) is 24.3 Å². The van der Waals surface area contributed by atoms with Crippen molar-refractivity contribution in [3.05, 3.63) is 53.0 Å². The molecular formula is C15H17F2N3. The highest BCUT2D eigenvalue weighted by Crippen LogP contribution is 2.17. The second-order valence-corrected chi connectivity index (χ2v) is 4.95. The number of hydrogen-bond acceptors (Lipinski definition) is 3. The van der Waals surface area contributed by atoms with Crippen LogP contribution in [0.2, 0.25) is 0 Å². The highest BCUT2D eigenvalue weighted by Gasteiger charge is 2.09. The molecule has 1 aromatic heterocycles. The SMILES string of the molecule is CNc1cc(C(C)C)nc(Cc2cc(F)cc(F)c2)n1. The largest absolute Gasteiger partial charge is 0.373 e. The smallest absolute Gasteiger partial charge is 0.135 e. The lowest BCUT2D eigenvalue weighted by Gasteiger charge is -2.10. The predicted molar refractivity (Wildman–Crippen MR) is 74.8 cm³/mol. The maximum Gasteiger partial charge on any atom is 0.135 e. The summed E-state index contributed by atoms with van der Waals surface area (Å²) in [6, 6.07) is 5.33. The van der Waals surface area contributed by atoms with E-state index in [2.05, 4.69) is 15.3 Å². The third-order valence-corrected chi connectivity index (χ3v) is 2.92. The molecule has 0 spiro atoms. The zero-order valence-electron chi connectivity index (χ0n) is 11.7. The molecule has 0 atom stereocenters. The van der Waals surface area contributed by atoms with Gasteiger partial charge in [0.1, 0.15) is 23.3 Å². The van der Waals surface area contributed by atoms with Gasteiger partial charge in [-0.3, -0.25) is 0 Å². The van der Waals surface area contributed by atoms with Crippen LogP contribution in [0.1, 0.15) is 36.8 Å². The van der Waals surface area contributed by atoms with Crippen LogP contribution in [0.4, 0.5) is 14.6 Å². The number of anilines is 1. The highest BCUT2D eigenvalue weighted by atomic mass is 19.1. The average molecular weight is 277 g/mol. The van der Waals surface area contributed by atoms with Gasteiger partial charge >= 0.3 is 0 Å². The maximum atomic E-state index is 13.2. The Balaban J connectivity index is 2.34. The first-order valence-electron chi connectivity index (χ1n) is 6.48. The molecule has 1 heterocycles. The van der Waals surface area contributed by atoms with Gasteiger partial charge in [0.2, 0.25) is 0 Å². The first kappa shape index (κ1) is 14.4. The molecule has 0 bridgehead atoms. The second kappa shape index (κ2) is 5.94. The summed E-state index contributed by atoms with van der Waals surface area (Å²) in [7, 11) is 1.78. The quantitative estimate of drug-likeness (QED) is 0.929. The summed E-state index contributed by atoms with van der Waals surface area (Å²) in [6.45, 7) is 4.07. The van der Waals surface area contributed by atoms with Gasteiger partial charge in [0.15, 0.2) is 0 Å². The van der Waals surface area contributed by atoms with E-state index in [0.717, 1.165) is 11.8 Å². The molecule has 0 amide bonds. The molecule has 0 unspecified atom stereocenters. The van der Waals surface area contributed by atoms with E-state index < -0.39 is 11.6 Å². The highest BCUT2D eigenvalue weighted by molar-refractivity contribution is 5.37. The van der Waals surface area contributed by atoms with Gasteiger partial charge in [-0.1, -0.05) is 13.8 Å². The number of hydrogen-bond donors (Lipinski definition) is 1. The topological polar surface area (TPSA) is 37.8 Å². The lowest BCUT2D eigenvalue weighted by molar-refractivity contribution is 0.580. The molecule has 0 aliphatic heterocycles. The van der Waals surface area contributed by atoms with E-state index in [0.29, 0.717) is 23.6 Å². The van der Waals surface area contributed by atoms with Crippen LogP contribution in [0, 0.1) is 11.6 Å². The fraction of sp³-hybridized carbons (Fsp3) is 0.333. The summed E-state index contributed by atoms with van der Waals surface area (Å²) in [6.07, 6.45) is 0.296. The first-order chi connectivity index (χ1) is 9.47. The van der Waals surface area contributed by atoms with Crippen molar-refractivity contribution in [3.8, 4) is 0 Å². The van der Waals surface area contributed by atoms with Crippen LogP contribution in [-0.4, -0.2) is 17.0 Å². The van der Waals surface area contributed by atoms with Crippen molar-refractivity contribution in [3.63, 3.8) is 0 Å². The molecule has 2 aromatic rings. The van der Waals surface area contributed by atoms with Crippen molar-refractivity contribution < 1.29 is 8.78 Å². The van der Waals surface area contributed by atoms with Gasteiger partial charge in [0.25, 0.3) is 0 Å². The van der Waals surface area contributed by atoms with Crippen LogP contribution >= 0.6 is 0 Å². The minimum atomic E-state index is -0.589. The fourth-order valence-electron chi connectivity index (χ4n) is 1.92. The van der Waals surface area contributed by atoms with E-state index in [1.54, 1.807) is 7.05 Å². The number of nitrogens with zero attached hydrogens (tertiary/aromatic N) is 2. The second-order valence-electron chi connectivity index (χ2n) is 4.95. The molecule has 0 saturated heterocycles. The number of nitrogens with one attached hydrogen (secondary N) is 1. The van der Waals surface area contributed by atoms with Crippen LogP contribution < -0.4 is 5.32 Å². The van der Waals surface area contributed by atoms with E-state index in [1.165, 1.54) is 12.1 Å². The third-order valence-electron chi connectivity index (χ3n) is 2.92. The van der Waals surface area contributed by atoms with E-state index in [4.69, 9.17) is 0 Å². The Morgan fingerprint density at radius 3 is 2.25 bits per heavy atom. The van der Waals surface area contributed by atoms with Gasteiger partial charge in [-0.25, -0.2) is 18.7 Å². The van der Waals surface area contributed by atoms with Crippen molar-refractivity contribution in [1.82, 2.24) is 9.97 Å². The van der Waals surface area contributed by atoms with Crippen molar-refractivity contribution >= 4 is 5.82 Å². The Morgan fingerprint density at radius 1 is 1.05 bits per heavy atom. The molecule has 5 heteroatoms. The molecular weight excluding hydrogens is 260 g/mol. The van der Waals surface area contributed by atoms with Crippen LogP contribution in [0.5, 0.6) is 0 Å². The Morgan fingerprint density at radius 2 is 1.70 bits per heavy atom. The van der Waals surface area contributed by atoms with Gasteiger partial charge in [-0.2, -0.15) is 0 Å². The molecule has 1 N–H and O–H groups in total. The minimum absolute atomic E-state index is 0.257. The molecule has 3 nitrogen and oxygen atoms in total. The summed E-state index contributed by atoms with van der Waals surface area (Å²) in [5.41, 5.74) is 1.42. The molecule has 106 valence electrons. The fourth-order valence-corrected chi connectivity index (χ4v) is 1.92. The number of aromatic nitrogens is 2. The van der Waals surface area contributed by atoms with Gasteiger partial charge in [-0.15, -0.1) is 0 Å². The lowest BCUT2D eigenvalue weighted by Crippen LogP contribution is -2.05. The summed E-state index contributed by atoms with van der Waals surface area (Å²) in [5.74, 6) is 0.330. The Kier molecular flexibility index (Phi) is 4.27. The van der Waals surface area contributed by atoms with Crippen molar-refractivity contribution in [1.29, 1.82) is 0 Å². The lowest BCUT2D eigenvalue weighted by atomic mass is 10.1. The first-order valence-corrected chi connectivity index (χ1v) is 6.48. The molecule has 2 rings (SSSR count). The number of halogens is 2. The van der Waals surface area contributed by atoms with Gasteiger partial charge in [0.05, 0.1) is 0 Å². The maximum absolute atomic E-state index is 13.2. The molecule has 0 aliphatic rings. The molecule has 0 saturated carbocycles. The standard InChI is InChI=1S/C15H17F2N3/c1-9(2)13-8-14(18-3)20-15(19-13)6-10-4-11(16)7-12(17)5-10/h4-5,7-9H,6H2,1-3H3,(H,18,19,20). The van der Waals surface area contributed by atoms with E-state index in [-0.39, 0.29) is 5.92 Å². The van der Waals surface area contributed by atoms with Crippen molar-refractivity contribution in [2.45, 2.75) is 26.2 Å². The normalized spacial score (nSPS) is 10.9. The number of rotatable bonds is 4. The van der Waals surface area contributed by atoms with Crippen LogP contribution in [0.3, 0.4) is 0 Å². The molecule has 0 aliphatic carbocycles. The molecule has 0 radical (unpaired) electrons. The van der Waals surface area contributed by atoms with E-state index in [1.807, 2.05) is 19.9 Å². The van der Waals surface area contributed by atoms with Crippen LogP contribution in [-0.2, 0) is 6.42 Å². The Hall–Kier alpha value is -2.04. The van der Waals surface area contributed by atoms with Gasteiger partial charge in [-0.05, 0) is 23.6 Å². The molecule has 1 aromatic carbocycles. The zero-order chi connectivity index (χ0) is 14.7. The summed E-state index contributed by atoms with van der Waals surface area (Å²) >= 11 is 0. The predicted octanol–water partition coefficient (Wildman–Crippen LogP) is 3.51.